The van der Waals surface area contributed by atoms with Gasteiger partial charge in [0.05, 0.1) is 0 Å². The molecule has 2 aliphatic rings. The molecule has 2 amide bonds. The number of thioether (sulfide) groups is 2. The number of aryl methyl sites for hydroxylation is 1. The first-order valence-electron chi connectivity index (χ1n) is 10.3. The first-order chi connectivity index (χ1) is 16.8. The van der Waals surface area contributed by atoms with Crippen molar-refractivity contribution in [3.63, 3.8) is 0 Å². The Morgan fingerprint density at radius 3 is 2.91 bits per heavy atom. The number of amides is 2. The van der Waals surface area contributed by atoms with E-state index in [1.54, 1.807) is 10.1 Å². The maximum Gasteiger partial charge on any atom is 0.352 e. The Morgan fingerprint density at radius 1 is 1.46 bits per heavy atom. The molecule has 1 saturated heterocycles. The van der Waals surface area contributed by atoms with Crippen molar-refractivity contribution in [2.24, 2.45) is 5.16 Å². The molecule has 4 rings (SSSR count). The van der Waals surface area contributed by atoms with Crippen molar-refractivity contribution in [1.29, 1.82) is 0 Å². The topological polar surface area (TPSA) is 191 Å². The number of carbonyl (C=O) groups is 3. The Bertz CT molecular complexity index is 1210. The largest absolute Gasteiger partial charge is 0.477 e. The fourth-order valence-electron chi connectivity index (χ4n) is 3.50. The molecule has 0 spiro atoms. The number of nitrogens with zero attached hydrogens (tertiary/aromatic N) is 7. The van der Waals surface area contributed by atoms with Gasteiger partial charge in [-0.15, -0.1) is 28.2 Å². The molecular formula is C18H21N9O5S3. The highest BCUT2D eigenvalue weighted by molar-refractivity contribution is 8.01. The Kier molecular flexibility index (Phi) is 7.56. The second-order valence-corrected chi connectivity index (χ2v) is 10.2. The molecule has 0 radical (unpaired) electrons. The molecule has 0 saturated carbocycles. The van der Waals surface area contributed by atoms with Crippen LogP contribution in [0.5, 0.6) is 0 Å². The molecule has 17 heteroatoms. The predicted octanol–water partition coefficient (Wildman–Crippen LogP) is 0.00320. The SMILES string of the molecule is CCCn1nnnc1SCC1=C(C(=O)O)N2C(=O)C(NC(=O)C(=NOC)c3csc(N)n3)[C@@H]2SC1. The Balaban J connectivity index is 1.48. The number of rotatable bonds is 10. The van der Waals surface area contributed by atoms with E-state index in [0.717, 1.165) is 17.8 Å². The van der Waals surface area contributed by atoms with Crippen molar-refractivity contribution < 1.29 is 24.3 Å². The summed E-state index contributed by atoms with van der Waals surface area (Å²) in [5.74, 6) is -1.74. The van der Waals surface area contributed by atoms with Gasteiger partial charge in [0.1, 0.15) is 29.9 Å². The first kappa shape index (κ1) is 24.9. The van der Waals surface area contributed by atoms with E-state index in [1.807, 2.05) is 6.92 Å². The summed E-state index contributed by atoms with van der Waals surface area (Å²) < 4.78 is 1.65. The van der Waals surface area contributed by atoms with Crippen LogP contribution in [0.1, 0.15) is 19.0 Å². The van der Waals surface area contributed by atoms with Crippen LogP contribution in [-0.2, 0) is 25.8 Å². The van der Waals surface area contributed by atoms with Crippen LogP contribution < -0.4 is 11.1 Å². The quantitative estimate of drug-likeness (QED) is 0.159. The molecule has 2 atom stereocenters. The highest BCUT2D eigenvalue weighted by Crippen LogP contribution is 2.41. The zero-order valence-corrected chi connectivity index (χ0v) is 21.0. The van der Waals surface area contributed by atoms with E-state index in [4.69, 9.17) is 10.6 Å². The summed E-state index contributed by atoms with van der Waals surface area (Å²) in [5, 5.41) is 29.6. The molecule has 186 valence electrons. The molecule has 4 N–H and O–H groups in total. The van der Waals surface area contributed by atoms with E-state index in [9.17, 15) is 19.5 Å². The van der Waals surface area contributed by atoms with Crippen molar-refractivity contribution in [3.05, 3.63) is 22.3 Å². The molecule has 1 fully saturated rings. The maximum atomic E-state index is 12.9. The summed E-state index contributed by atoms with van der Waals surface area (Å²) in [4.78, 5) is 47.8. The zero-order chi connectivity index (χ0) is 25.1. The molecule has 2 aliphatic heterocycles. The van der Waals surface area contributed by atoms with Crippen molar-refractivity contribution in [2.45, 2.75) is 36.5 Å². The van der Waals surface area contributed by atoms with E-state index in [0.29, 0.717) is 28.8 Å². The molecule has 0 aromatic carbocycles. The summed E-state index contributed by atoms with van der Waals surface area (Å²) in [6.07, 6.45) is 0.848. The van der Waals surface area contributed by atoms with Crippen molar-refractivity contribution in [1.82, 2.24) is 35.4 Å². The molecule has 2 aromatic rings. The fourth-order valence-corrected chi connectivity index (χ4v) is 6.44. The Hall–Kier alpha value is -3.18. The van der Waals surface area contributed by atoms with E-state index >= 15 is 0 Å². The number of thiazole rings is 1. The van der Waals surface area contributed by atoms with Crippen molar-refractivity contribution >= 4 is 63.5 Å². The van der Waals surface area contributed by atoms with Crippen LogP contribution >= 0.6 is 34.9 Å². The molecule has 0 aliphatic carbocycles. The van der Waals surface area contributed by atoms with Crippen LogP contribution in [-0.4, -0.2) is 88.7 Å². The molecule has 35 heavy (non-hydrogen) atoms. The van der Waals surface area contributed by atoms with Gasteiger partial charge in [-0.25, -0.2) is 14.5 Å². The summed E-state index contributed by atoms with van der Waals surface area (Å²) >= 11 is 3.80. The number of nitrogens with one attached hydrogen (secondary N) is 1. The molecule has 1 unspecified atom stereocenters. The van der Waals surface area contributed by atoms with Crippen molar-refractivity contribution in [2.75, 3.05) is 24.3 Å². The van der Waals surface area contributed by atoms with Gasteiger partial charge in [0.15, 0.2) is 10.8 Å². The highest BCUT2D eigenvalue weighted by Gasteiger charge is 2.54. The smallest absolute Gasteiger partial charge is 0.352 e. The third kappa shape index (κ3) is 4.96. The lowest BCUT2D eigenvalue weighted by atomic mass is 10.0. The van der Waals surface area contributed by atoms with E-state index in [-0.39, 0.29) is 22.2 Å². The first-order valence-corrected chi connectivity index (χ1v) is 13.2. The number of anilines is 1. The van der Waals surface area contributed by atoms with Crippen LogP contribution in [0.25, 0.3) is 0 Å². The van der Waals surface area contributed by atoms with E-state index < -0.39 is 29.2 Å². The van der Waals surface area contributed by atoms with Gasteiger partial charge in [0.25, 0.3) is 11.8 Å². The number of nitrogens with two attached hydrogens (primary N) is 1. The van der Waals surface area contributed by atoms with Gasteiger partial charge in [-0.3, -0.25) is 14.5 Å². The summed E-state index contributed by atoms with van der Waals surface area (Å²) in [6, 6.07) is -0.925. The second kappa shape index (κ2) is 10.6. The molecule has 2 aromatic heterocycles. The van der Waals surface area contributed by atoms with Gasteiger partial charge < -0.3 is 21.0 Å². The molecule has 0 bridgehead atoms. The van der Waals surface area contributed by atoms with Crippen molar-refractivity contribution in [3.8, 4) is 0 Å². The molecule has 4 heterocycles. The third-order valence-corrected chi connectivity index (χ3v) is 8.07. The van der Waals surface area contributed by atoms with Crippen LogP contribution in [0, 0.1) is 0 Å². The second-order valence-electron chi connectivity index (χ2n) is 7.28. The Morgan fingerprint density at radius 2 is 2.26 bits per heavy atom. The predicted molar refractivity (Wildman–Crippen MR) is 129 cm³/mol. The normalized spacial score (nSPS) is 19.9. The minimum Gasteiger partial charge on any atom is -0.477 e. The van der Waals surface area contributed by atoms with Gasteiger partial charge in [-0.05, 0) is 22.4 Å². The van der Waals surface area contributed by atoms with Crippen LogP contribution in [0.4, 0.5) is 5.13 Å². The lowest BCUT2D eigenvalue weighted by Crippen LogP contribution is -2.71. The Labute approximate surface area is 211 Å². The standard InChI is InChI=1S/C18H21N9O5S3/c1-3-4-26-18(22-24-25-26)35-6-8-5-33-15-11(14(29)27(15)12(8)16(30)31)21-13(28)10(23-32-2)9-7-34-17(19)20-9/h7,11,15H,3-6H2,1-2H3,(H2,19,20)(H,21,28)(H,30,31)/t11?,15-/m0/s1. The fraction of sp³-hybridized carbons (Fsp3) is 0.444. The van der Waals surface area contributed by atoms with E-state index in [2.05, 4.69) is 31.0 Å². The number of carboxylic acid groups (broad SMARTS) is 1. The molecular weight excluding hydrogens is 518 g/mol. The van der Waals surface area contributed by atoms with Crippen LogP contribution in [0.15, 0.2) is 27.0 Å². The number of hydrogen-bond acceptors (Lipinski definition) is 13. The average Bonchev–Trinajstić information content (AvgIpc) is 3.47. The number of β-lactam (4-membered cyclic amide) rings is 1. The number of carbonyl (C=O) groups excluding carboxylic acids is 2. The highest BCUT2D eigenvalue weighted by atomic mass is 32.2. The van der Waals surface area contributed by atoms with Crippen LogP contribution in [0.3, 0.4) is 0 Å². The zero-order valence-electron chi connectivity index (χ0n) is 18.6. The summed E-state index contributed by atoms with van der Waals surface area (Å²) in [7, 11) is 1.28. The number of nitrogen functional groups attached to an aromatic ring is 1. The van der Waals surface area contributed by atoms with Gasteiger partial charge in [0, 0.05) is 23.4 Å². The summed E-state index contributed by atoms with van der Waals surface area (Å²) in [5.41, 5.74) is 6.21. The monoisotopic (exact) mass is 539 g/mol. The van der Waals surface area contributed by atoms with E-state index in [1.165, 1.54) is 35.5 Å². The van der Waals surface area contributed by atoms with Gasteiger partial charge in [-0.2, -0.15) is 0 Å². The lowest BCUT2D eigenvalue weighted by molar-refractivity contribution is -0.150. The van der Waals surface area contributed by atoms with Gasteiger partial charge >= 0.3 is 5.97 Å². The number of carboxylic acids is 1. The van der Waals surface area contributed by atoms with Crippen LogP contribution in [0.2, 0.25) is 0 Å². The lowest BCUT2D eigenvalue weighted by Gasteiger charge is -2.49. The van der Waals surface area contributed by atoms with Gasteiger partial charge in [0.2, 0.25) is 5.16 Å². The third-order valence-electron chi connectivity index (χ3n) is 5.01. The minimum atomic E-state index is -1.21. The number of oxime groups is 1. The number of hydrogen-bond donors (Lipinski definition) is 3. The molecule has 14 nitrogen and oxygen atoms in total. The minimum absolute atomic E-state index is 0.0793. The van der Waals surface area contributed by atoms with Gasteiger partial charge in [-0.1, -0.05) is 23.8 Å². The number of fused-ring (bicyclic) bond motifs is 1. The summed E-state index contributed by atoms with van der Waals surface area (Å²) in [6.45, 7) is 2.64. The number of tetrazole rings is 1. The number of aromatic nitrogens is 5. The average molecular weight is 540 g/mol. The maximum absolute atomic E-state index is 12.9. The number of aliphatic carboxylic acids is 1.